The Morgan fingerprint density at radius 3 is 1.98 bits per heavy atom. The number of benzene rings is 3. The number of anilines is 1. The van der Waals surface area contributed by atoms with Crippen LogP contribution in [0.2, 0.25) is 10.0 Å². The zero-order valence-electron chi connectivity index (χ0n) is 31.9. The maximum atomic E-state index is 14.5. The maximum absolute atomic E-state index is 14.5. The Kier molecular flexibility index (Phi) is 14.4. The second-order valence-electron chi connectivity index (χ2n) is 14.1. The van der Waals surface area contributed by atoms with Gasteiger partial charge in [0.25, 0.3) is 30.4 Å². The molecule has 0 saturated carbocycles. The standard InChI is InChI=1S/C33H33Cl2N5O19S5/c34-17-5-6-18(35)27(33(44)45)26(17)25-15-3-7-19(36)30-28(15)59-29-16(25)4-8-20(37)31(29)64(57,58)40-22(13-62(52,53)54)24(42)10-14(11-60(46,47)48)32(43)39-21(12-61(49,50)51)23(41)2-1-9-38-63(30,55)56/h3-8,14,21-22,36,38,40H,1-2,9-13,37H2,(H,39,43)(H,44,45)(H,46,47,48)(H,49,50,51)(H,52,53,54). The molecule has 348 valence electrons. The molecule has 2 bridgehead atoms. The van der Waals surface area contributed by atoms with E-state index >= 15 is 0 Å². The van der Waals surface area contributed by atoms with E-state index in [1.165, 1.54) is 0 Å². The fourth-order valence-electron chi connectivity index (χ4n) is 6.75. The van der Waals surface area contributed by atoms with Gasteiger partial charge >= 0.3 is 5.97 Å². The molecule has 0 fully saturated rings. The molecule has 0 saturated heterocycles. The number of Topliss-reactive ketones (excluding diaryl/α,β-unsaturated/α-hetero) is 2. The van der Waals surface area contributed by atoms with Crippen LogP contribution in [0.25, 0.3) is 33.4 Å². The Morgan fingerprint density at radius 2 is 1.39 bits per heavy atom. The van der Waals surface area contributed by atoms with Gasteiger partial charge in [-0.2, -0.15) is 30.0 Å². The van der Waals surface area contributed by atoms with Crippen molar-refractivity contribution in [1.82, 2.24) is 14.8 Å². The minimum Gasteiger partial charge on any atom is -0.478 e. The lowest BCUT2D eigenvalue weighted by Crippen LogP contribution is -2.50. The van der Waals surface area contributed by atoms with Gasteiger partial charge in [0.1, 0.15) is 16.7 Å². The number of sulfonamides is 2. The molecule has 2 aliphatic heterocycles. The van der Waals surface area contributed by atoms with Crippen LogP contribution in [0.3, 0.4) is 0 Å². The van der Waals surface area contributed by atoms with Crippen molar-refractivity contribution in [2.45, 2.75) is 41.1 Å². The molecule has 2 aromatic rings. The summed E-state index contributed by atoms with van der Waals surface area (Å²) in [5, 5.41) is 18.7. The summed E-state index contributed by atoms with van der Waals surface area (Å²) < 4.78 is 168. The van der Waals surface area contributed by atoms with Gasteiger partial charge in [0.2, 0.25) is 26.0 Å². The van der Waals surface area contributed by atoms with E-state index in [2.05, 4.69) is 4.72 Å². The molecule has 31 heteroatoms. The molecule has 64 heavy (non-hydrogen) atoms. The molecule has 1 aliphatic carbocycles. The van der Waals surface area contributed by atoms with Gasteiger partial charge in [-0.05, 0) is 42.8 Å². The fourth-order valence-corrected chi connectivity index (χ4v) is 12.3. The predicted molar refractivity (Wildman–Crippen MR) is 223 cm³/mol. The van der Waals surface area contributed by atoms with E-state index in [9.17, 15) is 80.0 Å². The van der Waals surface area contributed by atoms with E-state index in [1.807, 2.05) is 5.32 Å². The van der Waals surface area contributed by atoms with Crippen molar-refractivity contribution in [3.63, 3.8) is 0 Å². The van der Waals surface area contributed by atoms with Gasteiger partial charge in [-0.3, -0.25) is 33.5 Å². The van der Waals surface area contributed by atoms with Crippen LogP contribution in [-0.4, -0.2) is 120 Å². The summed E-state index contributed by atoms with van der Waals surface area (Å²) in [5.41, 5.74) is 2.52. The number of hydrogen-bond acceptors (Lipinski definition) is 17. The van der Waals surface area contributed by atoms with E-state index in [4.69, 9.17) is 38.8 Å². The average molecular weight is 1030 g/mol. The Labute approximate surface area is 372 Å². The Balaban J connectivity index is 1.91. The molecule has 0 spiro atoms. The normalized spacial score (nSPS) is 20.6. The molecule has 24 nitrogen and oxygen atoms in total. The Hall–Kier alpha value is -4.66. The summed E-state index contributed by atoms with van der Waals surface area (Å²) >= 11 is 12.9. The van der Waals surface area contributed by atoms with E-state index in [1.54, 1.807) is 4.72 Å². The molecule has 3 atom stereocenters. The molecular weight excluding hydrogens is 1000 g/mol. The van der Waals surface area contributed by atoms with E-state index in [0.29, 0.717) is 0 Å². The van der Waals surface area contributed by atoms with E-state index in [0.717, 1.165) is 36.4 Å². The highest BCUT2D eigenvalue weighted by molar-refractivity contribution is 7.90. The van der Waals surface area contributed by atoms with E-state index in [-0.39, 0.29) is 10.6 Å². The van der Waals surface area contributed by atoms with Crippen LogP contribution in [0.1, 0.15) is 29.6 Å². The zero-order valence-corrected chi connectivity index (χ0v) is 37.5. The number of carboxylic acids is 1. The number of ketones is 2. The van der Waals surface area contributed by atoms with Crippen molar-refractivity contribution in [3.8, 4) is 22.5 Å². The number of nitrogen functional groups attached to an aromatic ring is 1. The SMILES string of the molecule is N=c1ccc2c(-c3c(Cl)ccc(Cl)c3C(=O)O)c3ccc(N)c4c3oc-2c1S(=O)(=O)NCCCC(=O)C(CS(=O)(=O)O)NC(=O)C(CS(=O)(=O)O)CC(=O)C(CS(=O)(=O)O)NS4(=O)=O. The Bertz CT molecular complexity index is 3250. The van der Waals surface area contributed by atoms with Crippen molar-refractivity contribution in [3.05, 3.63) is 57.4 Å². The van der Waals surface area contributed by atoms with Gasteiger partial charge in [-0.25, -0.2) is 26.4 Å². The van der Waals surface area contributed by atoms with Crippen molar-refractivity contribution < 1.29 is 84.4 Å². The largest absolute Gasteiger partial charge is 0.478 e. The number of halogens is 2. The molecule has 3 unspecified atom stereocenters. The monoisotopic (exact) mass is 1030 g/mol. The quantitative estimate of drug-likeness (QED) is 0.0650. The lowest BCUT2D eigenvalue weighted by atomic mass is 9.90. The van der Waals surface area contributed by atoms with Crippen molar-refractivity contribution >= 4 is 114 Å². The van der Waals surface area contributed by atoms with Crippen LogP contribution in [-0.2, 0) is 64.8 Å². The Morgan fingerprint density at radius 1 is 0.797 bits per heavy atom. The summed E-state index contributed by atoms with van der Waals surface area (Å²) in [6, 6.07) is 1.30. The first-order chi connectivity index (χ1) is 29.3. The number of nitrogens with one attached hydrogen (secondary N) is 4. The van der Waals surface area contributed by atoms with Crippen LogP contribution in [0, 0.1) is 11.3 Å². The van der Waals surface area contributed by atoms with Gasteiger partial charge in [0.15, 0.2) is 27.8 Å². The summed E-state index contributed by atoms with van der Waals surface area (Å²) in [5.74, 6) is -14.7. The second-order valence-corrected chi connectivity index (χ2v) is 22.7. The number of amides is 1. The fraction of sp³-hybridized carbons (Fsp3) is 0.303. The number of carbonyl (C=O) groups excluding carboxylic acids is 3. The van der Waals surface area contributed by atoms with Crippen LogP contribution in [0.4, 0.5) is 5.69 Å². The summed E-state index contributed by atoms with van der Waals surface area (Å²) in [6.45, 7) is -0.703. The van der Waals surface area contributed by atoms with Gasteiger partial charge < -0.3 is 20.6 Å². The van der Waals surface area contributed by atoms with Crippen molar-refractivity contribution in [2.75, 3.05) is 29.5 Å². The van der Waals surface area contributed by atoms with Gasteiger partial charge in [-0.1, -0.05) is 23.2 Å². The number of nitrogens with two attached hydrogens (primary N) is 1. The van der Waals surface area contributed by atoms with E-state index < -0.39 is 194 Å². The summed E-state index contributed by atoms with van der Waals surface area (Å²) in [6.07, 6.45) is -2.83. The minimum absolute atomic E-state index is 0.345. The number of rotatable bonds is 8. The molecule has 2 aromatic carbocycles. The second kappa shape index (κ2) is 18.3. The van der Waals surface area contributed by atoms with Crippen molar-refractivity contribution in [1.29, 1.82) is 5.41 Å². The molecule has 3 aliphatic rings. The van der Waals surface area contributed by atoms with Crippen LogP contribution in [0.5, 0.6) is 0 Å². The molecule has 2 heterocycles. The minimum atomic E-state index is -5.61. The van der Waals surface area contributed by atoms with Crippen LogP contribution in [0.15, 0.2) is 50.6 Å². The first-order valence-electron chi connectivity index (χ1n) is 17.6. The predicted octanol–water partition coefficient (Wildman–Crippen LogP) is 0.283. The molecule has 0 aromatic heterocycles. The number of aromatic carboxylic acids is 1. The van der Waals surface area contributed by atoms with Crippen LogP contribution >= 0.6 is 23.2 Å². The van der Waals surface area contributed by atoms with Crippen molar-refractivity contribution in [2.24, 2.45) is 5.92 Å². The van der Waals surface area contributed by atoms with Crippen LogP contribution < -0.4 is 25.9 Å². The average Bonchev–Trinajstić information content (AvgIpc) is 3.13. The first-order valence-corrected chi connectivity index (χ1v) is 26.2. The summed E-state index contributed by atoms with van der Waals surface area (Å²) in [7, 11) is -26.5. The molecule has 1 amide bonds. The number of carbonyl (C=O) groups is 4. The zero-order chi connectivity index (χ0) is 48.1. The third-order valence-corrected chi connectivity index (χ3v) is 15.4. The molecule has 10 N–H and O–H groups in total. The first kappa shape index (κ1) is 50.3. The lowest BCUT2D eigenvalue weighted by molar-refractivity contribution is -0.131. The van der Waals surface area contributed by atoms with Gasteiger partial charge in [0, 0.05) is 46.5 Å². The maximum Gasteiger partial charge on any atom is 0.337 e. The third kappa shape index (κ3) is 11.4. The highest BCUT2D eigenvalue weighted by Gasteiger charge is 2.39. The number of hydrogen-bond donors (Lipinski definition) is 9. The highest BCUT2D eigenvalue weighted by atomic mass is 35.5. The third-order valence-electron chi connectivity index (χ3n) is 9.37. The topological polar surface area (TPSA) is 419 Å². The molecule has 0 radical (unpaired) electrons. The number of carboxylic acid groups (broad SMARTS) is 1. The van der Waals surface area contributed by atoms with Gasteiger partial charge in [-0.15, -0.1) is 0 Å². The van der Waals surface area contributed by atoms with Gasteiger partial charge in [0.05, 0.1) is 45.1 Å². The lowest BCUT2D eigenvalue weighted by Gasteiger charge is -2.24. The molecular formula is C33H33Cl2N5O19S5. The molecule has 5 rings (SSSR count). The summed E-state index contributed by atoms with van der Waals surface area (Å²) in [4.78, 5) is 51.0. The highest BCUT2D eigenvalue weighted by Crippen LogP contribution is 2.48. The smallest absolute Gasteiger partial charge is 0.337 e.